The van der Waals surface area contributed by atoms with Crippen molar-refractivity contribution in [1.29, 1.82) is 0 Å². The first-order valence-corrected chi connectivity index (χ1v) is 8.12. The van der Waals surface area contributed by atoms with E-state index in [2.05, 4.69) is 23.3 Å². The number of amides is 1. The summed E-state index contributed by atoms with van der Waals surface area (Å²) in [5, 5.41) is 2.12. The molecular weight excluding hydrogens is 254 g/mol. The molecule has 1 saturated heterocycles. The number of thiophene rings is 1. The van der Waals surface area contributed by atoms with Crippen molar-refractivity contribution in [2.75, 3.05) is 13.1 Å². The highest BCUT2D eigenvalue weighted by Crippen LogP contribution is 2.36. The van der Waals surface area contributed by atoms with E-state index in [1.807, 2.05) is 0 Å². The number of carbonyl (C=O) groups excluding carboxylic acids is 1. The van der Waals surface area contributed by atoms with Crippen molar-refractivity contribution in [3.63, 3.8) is 0 Å². The average Bonchev–Trinajstić information content (AvgIpc) is 3.20. The van der Waals surface area contributed by atoms with E-state index < -0.39 is 0 Å². The molecule has 1 aromatic rings. The maximum atomic E-state index is 12.2. The van der Waals surface area contributed by atoms with Crippen LogP contribution in [0.2, 0.25) is 0 Å². The number of hydrogen-bond donors (Lipinski definition) is 0. The summed E-state index contributed by atoms with van der Waals surface area (Å²) in [6.07, 6.45) is 6.47. The highest BCUT2D eigenvalue weighted by molar-refractivity contribution is 7.10. The number of likely N-dealkylation sites (tertiary alicyclic amines) is 1. The molecule has 0 bridgehead atoms. The molecule has 0 N–H and O–H groups in total. The molecule has 2 fully saturated rings. The maximum Gasteiger partial charge on any atom is 0.222 e. The fourth-order valence-electron chi connectivity index (χ4n) is 2.83. The van der Waals surface area contributed by atoms with E-state index in [0.717, 1.165) is 32.4 Å². The van der Waals surface area contributed by atoms with E-state index in [1.165, 1.54) is 23.3 Å². The first-order valence-electron chi connectivity index (χ1n) is 7.24. The molecule has 0 radical (unpaired) electrons. The van der Waals surface area contributed by atoms with Crippen LogP contribution in [0.1, 0.15) is 42.5 Å². The lowest BCUT2D eigenvalue weighted by Crippen LogP contribution is -2.36. The molecule has 0 aromatic carbocycles. The Morgan fingerprint density at radius 2 is 1.89 bits per heavy atom. The lowest BCUT2D eigenvalue weighted by molar-refractivity contribution is -0.131. The van der Waals surface area contributed by atoms with Crippen LogP contribution in [-0.2, 0) is 11.2 Å². The van der Waals surface area contributed by atoms with Gasteiger partial charge in [0.05, 0.1) is 0 Å². The first kappa shape index (κ1) is 12.9. The van der Waals surface area contributed by atoms with Gasteiger partial charge in [0, 0.05) is 24.4 Å². The third-order valence-corrected chi connectivity index (χ3v) is 5.34. The fourth-order valence-corrected chi connectivity index (χ4v) is 3.74. The Morgan fingerprint density at radius 3 is 2.47 bits per heavy atom. The van der Waals surface area contributed by atoms with Crippen LogP contribution in [0.3, 0.4) is 0 Å². The molecule has 3 heteroatoms. The predicted octanol–water partition coefficient (Wildman–Crippen LogP) is 3.70. The van der Waals surface area contributed by atoms with Crippen molar-refractivity contribution >= 4 is 17.2 Å². The molecule has 0 atom stereocenters. The van der Waals surface area contributed by atoms with Gasteiger partial charge in [0.25, 0.3) is 0 Å². The van der Waals surface area contributed by atoms with Crippen LogP contribution in [0.25, 0.3) is 0 Å². The molecule has 1 aliphatic carbocycles. The van der Waals surface area contributed by atoms with Crippen molar-refractivity contribution in [1.82, 2.24) is 4.90 Å². The minimum absolute atomic E-state index is 0.340. The molecule has 19 heavy (non-hydrogen) atoms. The van der Waals surface area contributed by atoms with Crippen molar-refractivity contribution in [3.8, 4) is 0 Å². The SMILES string of the molecule is Cc1ccsc1CCC(=O)N1CCC(=C2CC2)CC1. The maximum absolute atomic E-state index is 12.2. The zero-order valence-electron chi connectivity index (χ0n) is 11.6. The van der Waals surface area contributed by atoms with Crippen molar-refractivity contribution in [3.05, 3.63) is 33.0 Å². The highest BCUT2D eigenvalue weighted by atomic mass is 32.1. The molecule has 2 heterocycles. The van der Waals surface area contributed by atoms with Crippen LogP contribution in [0.5, 0.6) is 0 Å². The minimum atomic E-state index is 0.340. The van der Waals surface area contributed by atoms with Crippen LogP contribution < -0.4 is 0 Å². The molecular formula is C16H21NOS. The first-order chi connectivity index (χ1) is 9.24. The summed E-state index contributed by atoms with van der Waals surface area (Å²) in [6.45, 7) is 4.02. The van der Waals surface area contributed by atoms with Gasteiger partial charge in [0.15, 0.2) is 0 Å². The van der Waals surface area contributed by atoms with E-state index in [9.17, 15) is 4.79 Å². The molecule has 102 valence electrons. The Morgan fingerprint density at radius 1 is 1.21 bits per heavy atom. The normalized spacial score (nSPS) is 18.9. The van der Waals surface area contributed by atoms with Crippen LogP contribution in [0.15, 0.2) is 22.6 Å². The second kappa shape index (κ2) is 5.49. The summed E-state index contributed by atoms with van der Waals surface area (Å²) in [5.74, 6) is 0.340. The third-order valence-electron chi connectivity index (χ3n) is 4.25. The molecule has 2 aliphatic rings. The lowest BCUT2D eigenvalue weighted by atomic mass is 10.0. The minimum Gasteiger partial charge on any atom is -0.342 e. The van der Waals surface area contributed by atoms with Crippen LogP contribution in [-0.4, -0.2) is 23.9 Å². The number of aryl methyl sites for hydroxylation is 2. The Labute approximate surface area is 119 Å². The van der Waals surface area contributed by atoms with Crippen molar-refractivity contribution in [2.45, 2.75) is 45.4 Å². The fraction of sp³-hybridized carbons (Fsp3) is 0.562. The van der Waals surface area contributed by atoms with Gasteiger partial charge in [0.2, 0.25) is 5.91 Å². The largest absolute Gasteiger partial charge is 0.342 e. The molecule has 1 aromatic heterocycles. The molecule has 0 unspecified atom stereocenters. The smallest absolute Gasteiger partial charge is 0.222 e. The van der Waals surface area contributed by atoms with Gasteiger partial charge in [-0.3, -0.25) is 4.79 Å². The zero-order valence-corrected chi connectivity index (χ0v) is 12.4. The second-order valence-corrected chi connectivity index (χ2v) is 6.62. The van der Waals surface area contributed by atoms with E-state index >= 15 is 0 Å². The Kier molecular flexibility index (Phi) is 3.74. The molecule has 1 aliphatic heterocycles. The van der Waals surface area contributed by atoms with Gasteiger partial charge >= 0.3 is 0 Å². The number of nitrogens with zero attached hydrogens (tertiary/aromatic N) is 1. The van der Waals surface area contributed by atoms with Gasteiger partial charge in [-0.25, -0.2) is 0 Å². The van der Waals surface area contributed by atoms with Crippen LogP contribution >= 0.6 is 11.3 Å². The summed E-state index contributed by atoms with van der Waals surface area (Å²) < 4.78 is 0. The van der Waals surface area contributed by atoms with Gasteiger partial charge in [-0.05, 0) is 56.0 Å². The van der Waals surface area contributed by atoms with E-state index in [-0.39, 0.29) is 0 Å². The molecule has 1 saturated carbocycles. The Bertz CT molecular complexity index is 499. The summed E-state index contributed by atoms with van der Waals surface area (Å²) in [5.41, 5.74) is 4.66. The Hall–Kier alpha value is -1.09. The lowest BCUT2D eigenvalue weighted by Gasteiger charge is -2.28. The average molecular weight is 275 g/mol. The van der Waals surface area contributed by atoms with E-state index in [0.29, 0.717) is 12.3 Å². The van der Waals surface area contributed by atoms with Gasteiger partial charge in [-0.15, -0.1) is 11.3 Å². The quantitative estimate of drug-likeness (QED) is 0.770. The summed E-state index contributed by atoms with van der Waals surface area (Å²) in [6, 6.07) is 2.14. The molecule has 1 amide bonds. The zero-order chi connectivity index (χ0) is 13.2. The van der Waals surface area contributed by atoms with Crippen molar-refractivity contribution < 1.29 is 4.79 Å². The Balaban J connectivity index is 1.49. The van der Waals surface area contributed by atoms with E-state index in [1.54, 1.807) is 22.5 Å². The monoisotopic (exact) mass is 275 g/mol. The standard InChI is InChI=1S/C16H21NOS/c1-12-8-11-19-15(12)4-5-16(18)17-9-6-14(7-10-17)13-2-3-13/h8,11H,2-7,9-10H2,1H3. The molecule has 3 rings (SSSR count). The number of allylic oxidation sites excluding steroid dienone is 1. The number of carbonyl (C=O) groups is 1. The molecule has 2 nitrogen and oxygen atoms in total. The van der Waals surface area contributed by atoms with Gasteiger partial charge < -0.3 is 4.90 Å². The van der Waals surface area contributed by atoms with Crippen LogP contribution in [0.4, 0.5) is 0 Å². The molecule has 0 spiro atoms. The second-order valence-electron chi connectivity index (χ2n) is 5.61. The number of hydrogen-bond acceptors (Lipinski definition) is 2. The third kappa shape index (κ3) is 3.08. The van der Waals surface area contributed by atoms with Gasteiger partial charge in [-0.1, -0.05) is 11.1 Å². The van der Waals surface area contributed by atoms with E-state index in [4.69, 9.17) is 0 Å². The summed E-state index contributed by atoms with van der Waals surface area (Å²) >= 11 is 1.77. The van der Waals surface area contributed by atoms with Crippen LogP contribution in [0, 0.1) is 6.92 Å². The predicted molar refractivity (Wildman–Crippen MR) is 79.5 cm³/mol. The van der Waals surface area contributed by atoms with Gasteiger partial charge in [0.1, 0.15) is 0 Å². The summed E-state index contributed by atoms with van der Waals surface area (Å²) in [4.78, 5) is 15.6. The number of piperidine rings is 1. The highest BCUT2D eigenvalue weighted by Gasteiger charge is 2.24. The topological polar surface area (TPSA) is 20.3 Å². The van der Waals surface area contributed by atoms with Gasteiger partial charge in [-0.2, -0.15) is 0 Å². The number of rotatable bonds is 3. The summed E-state index contributed by atoms with van der Waals surface area (Å²) in [7, 11) is 0. The van der Waals surface area contributed by atoms with Crippen molar-refractivity contribution in [2.24, 2.45) is 0 Å².